The summed E-state index contributed by atoms with van der Waals surface area (Å²) in [6, 6.07) is 5.17. The van der Waals surface area contributed by atoms with Crippen LogP contribution in [0.3, 0.4) is 0 Å². The van der Waals surface area contributed by atoms with Crippen molar-refractivity contribution >= 4 is 26.0 Å². The summed E-state index contributed by atoms with van der Waals surface area (Å²) >= 11 is 3.33. The van der Waals surface area contributed by atoms with Gasteiger partial charge in [0.2, 0.25) is 10.0 Å². The molecule has 0 radical (unpaired) electrons. The summed E-state index contributed by atoms with van der Waals surface area (Å²) in [7, 11) is -1.63. The van der Waals surface area contributed by atoms with E-state index in [4.69, 9.17) is 0 Å². The van der Waals surface area contributed by atoms with E-state index in [9.17, 15) is 8.42 Å². The van der Waals surface area contributed by atoms with Gasteiger partial charge >= 0.3 is 0 Å². The first kappa shape index (κ1) is 16.6. The first-order chi connectivity index (χ1) is 8.77. The standard InChI is InChI=1S/C13H21BrN2O2S/c1-9(2)10(3)16-19(17,18)13-6-5-11(8-15-4)7-12(13)14/h5-7,9-10,15-16H,8H2,1-4H3. The first-order valence-corrected chi connectivity index (χ1v) is 8.51. The summed E-state index contributed by atoms with van der Waals surface area (Å²) in [5.41, 5.74) is 1.03. The molecule has 19 heavy (non-hydrogen) atoms. The number of hydrogen-bond acceptors (Lipinski definition) is 3. The van der Waals surface area contributed by atoms with Gasteiger partial charge in [0.1, 0.15) is 0 Å². The summed E-state index contributed by atoms with van der Waals surface area (Å²) < 4.78 is 27.8. The highest BCUT2D eigenvalue weighted by atomic mass is 79.9. The Hall–Kier alpha value is -0.430. The number of benzene rings is 1. The van der Waals surface area contributed by atoms with Crippen molar-refractivity contribution in [1.82, 2.24) is 10.0 Å². The van der Waals surface area contributed by atoms with Crippen LogP contribution >= 0.6 is 15.9 Å². The molecule has 0 spiro atoms. The van der Waals surface area contributed by atoms with Crippen LogP contribution in [0, 0.1) is 5.92 Å². The lowest BCUT2D eigenvalue weighted by Gasteiger charge is -2.18. The van der Waals surface area contributed by atoms with Crippen LogP contribution in [-0.4, -0.2) is 21.5 Å². The van der Waals surface area contributed by atoms with Crippen LogP contribution in [0.15, 0.2) is 27.6 Å². The molecule has 0 bridgehead atoms. The van der Waals surface area contributed by atoms with E-state index in [2.05, 4.69) is 26.0 Å². The summed E-state index contributed by atoms with van der Waals surface area (Å²) in [6.07, 6.45) is 0. The molecule has 1 rings (SSSR count). The van der Waals surface area contributed by atoms with Crippen LogP contribution in [0.2, 0.25) is 0 Å². The Balaban J connectivity index is 3.02. The Morgan fingerprint density at radius 1 is 1.26 bits per heavy atom. The van der Waals surface area contributed by atoms with Crippen molar-refractivity contribution < 1.29 is 8.42 Å². The van der Waals surface area contributed by atoms with E-state index in [-0.39, 0.29) is 16.9 Å². The maximum Gasteiger partial charge on any atom is 0.241 e. The van der Waals surface area contributed by atoms with Crippen molar-refractivity contribution in [2.75, 3.05) is 7.05 Å². The normalized spacial score (nSPS) is 13.8. The van der Waals surface area contributed by atoms with Gasteiger partial charge < -0.3 is 5.32 Å². The predicted molar refractivity (Wildman–Crippen MR) is 81.5 cm³/mol. The number of sulfonamides is 1. The molecule has 1 atom stereocenters. The van der Waals surface area contributed by atoms with Gasteiger partial charge in [-0.05, 0) is 53.5 Å². The molecule has 0 amide bonds. The molecule has 4 nitrogen and oxygen atoms in total. The van der Waals surface area contributed by atoms with E-state index in [0.29, 0.717) is 11.0 Å². The van der Waals surface area contributed by atoms with Crippen molar-refractivity contribution in [3.8, 4) is 0 Å². The molecule has 0 aliphatic heterocycles. The lowest BCUT2D eigenvalue weighted by atomic mass is 10.1. The topological polar surface area (TPSA) is 58.2 Å². The molecule has 0 aliphatic rings. The van der Waals surface area contributed by atoms with E-state index in [1.165, 1.54) is 0 Å². The van der Waals surface area contributed by atoms with Gasteiger partial charge in [-0.1, -0.05) is 19.9 Å². The second-order valence-corrected chi connectivity index (χ2v) is 7.49. The second-order valence-electron chi connectivity index (χ2n) is 4.95. The van der Waals surface area contributed by atoms with E-state index < -0.39 is 10.0 Å². The van der Waals surface area contributed by atoms with Crippen molar-refractivity contribution in [2.45, 2.75) is 38.3 Å². The number of halogens is 1. The molecule has 2 N–H and O–H groups in total. The SMILES string of the molecule is CNCc1ccc(S(=O)(=O)NC(C)C(C)C)c(Br)c1. The largest absolute Gasteiger partial charge is 0.316 e. The second kappa shape index (κ2) is 6.83. The molecule has 0 saturated heterocycles. The minimum absolute atomic E-state index is 0.103. The van der Waals surface area contributed by atoms with Crippen molar-refractivity contribution in [2.24, 2.45) is 5.92 Å². The maximum absolute atomic E-state index is 12.3. The fraction of sp³-hybridized carbons (Fsp3) is 0.538. The van der Waals surface area contributed by atoms with Crippen LogP contribution in [-0.2, 0) is 16.6 Å². The zero-order valence-corrected chi connectivity index (χ0v) is 14.1. The van der Waals surface area contributed by atoms with Gasteiger partial charge in [-0.15, -0.1) is 0 Å². The molecule has 1 unspecified atom stereocenters. The molecule has 0 aliphatic carbocycles. The smallest absolute Gasteiger partial charge is 0.241 e. The van der Waals surface area contributed by atoms with E-state index in [1.54, 1.807) is 6.07 Å². The Morgan fingerprint density at radius 2 is 1.89 bits per heavy atom. The van der Waals surface area contributed by atoms with Crippen LogP contribution < -0.4 is 10.0 Å². The lowest BCUT2D eigenvalue weighted by molar-refractivity contribution is 0.476. The van der Waals surface area contributed by atoms with Gasteiger partial charge in [0, 0.05) is 17.1 Å². The van der Waals surface area contributed by atoms with Crippen molar-refractivity contribution in [1.29, 1.82) is 0 Å². The van der Waals surface area contributed by atoms with Gasteiger partial charge in [0.25, 0.3) is 0 Å². The molecular formula is C13H21BrN2O2S. The van der Waals surface area contributed by atoms with Gasteiger partial charge in [0.05, 0.1) is 4.90 Å². The lowest BCUT2D eigenvalue weighted by Crippen LogP contribution is -2.36. The molecule has 6 heteroatoms. The maximum atomic E-state index is 12.3. The quantitative estimate of drug-likeness (QED) is 0.830. The predicted octanol–water partition coefficient (Wildman–Crippen LogP) is 2.49. The van der Waals surface area contributed by atoms with Crippen LogP contribution in [0.5, 0.6) is 0 Å². The minimum Gasteiger partial charge on any atom is -0.316 e. The van der Waals surface area contributed by atoms with E-state index >= 15 is 0 Å². The Bertz CT molecular complexity index is 529. The zero-order valence-electron chi connectivity index (χ0n) is 11.7. The molecule has 0 aromatic heterocycles. The number of rotatable bonds is 6. The van der Waals surface area contributed by atoms with Crippen LogP contribution in [0.4, 0.5) is 0 Å². The fourth-order valence-corrected chi connectivity index (χ4v) is 4.04. The van der Waals surface area contributed by atoms with E-state index in [0.717, 1.165) is 5.56 Å². The van der Waals surface area contributed by atoms with Crippen LogP contribution in [0.1, 0.15) is 26.3 Å². The molecule has 1 aromatic rings. The van der Waals surface area contributed by atoms with Crippen molar-refractivity contribution in [3.05, 3.63) is 28.2 Å². The molecular weight excluding hydrogens is 328 g/mol. The summed E-state index contributed by atoms with van der Waals surface area (Å²) in [5, 5.41) is 3.03. The minimum atomic E-state index is -3.48. The summed E-state index contributed by atoms with van der Waals surface area (Å²) in [6.45, 7) is 6.54. The Labute approximate surface area is 124 Å². The molecule has 0 heterocycles. The molecule has 1 aromatic carbocycles. The van der Waals surface area contributed by atoms with Crippen LogP contribution in [0.25, 0.3) is 0 Å². The average Bonchev–Trinajstić information content (AvgIpc) is 2.28. The summed E-state index contributed by atoms with van der Waals surface area (Å²) in [5.74, 6) is 0.247. The number of hydrogen-bond donors (Lipinski definition) is 2. The average molecular weight is 349 g/mol. The van der Waals surface area contributed by atoms with E-state index in [1.807, 2.05) is 40.0 Å². The zero-order chi connectivity index (χ0) is 14.6. The summed E-state index contributed by atoms with van der Waals surface area (Å²) in [4.78, 5) is 0.278. The highest BCUT2D eigenvalue weighted by Gasteiger charge is 2.21. The van der Waals surface area contributed by atoms with Gasteiger partial charge in [-0.2, -0.15) is 0 Å². The highest BCUT2D eigenvalue weighted by Crippen LogP contribution is 2.23. The highest BCUT2D eigenvalue weighted by molar-refractivity contribution is 9.10. The van der Waals surface area contributed by atoms with Gasteiger partial charge in [0.15, 0.2) is 0 Å². The van der Waals surface area contributed by atoms with Crippen molar-refractivity contribution in [3.63, 3.8) is 0 Å². The molecule has 0 fully saturated rings. The third-order valence-electron chi connectivity index (χ3n) is 3.01. The monoisotopic (exact) mass is 348 g/mol. The van der Waals surface area contributed by atoms with Gasteiger partial charge in [-0.3, -0.25) is 0 Å². The fourth-order valence-electron chi connectivity index (χ4n) is 1.52. The Kier molecular flexibility index (Phi) is 5.98. The third-order valence-corrected chi connectivity index (χ3v) is 5.54. The number of nitrogens with one attached hydrogen (secondary N) is 2. The first-order valence-electron chi connectivity index (χ1n) is 6.23. The Morgan fingerprint density at radius 3 is 2.37 bits per heavy atom. The molecule has 0 saturated carbocycles. The third kappa shape index (κ3) is 4.56. The molecule has 108 valence electrons. The van der Waals surface area contributed by atoms with Gasteiger partial charge in [-0.25, -0.2) is 13.1 Å².